The Labute approximate surface area is 134 Å². The number of hydrogen-bond acceptors (Lipinski definition) is 5. The van der Waals surface area contributed by atoms with Gasteiger partial charge in [0.2, 0.25) is 0 Å². The first-order valence-electron chi connectivity index (χ1n) is 6.32. The van der Waals surface area contributed by atoms with Crippen LogP contribution in [0.2, 0.25) is 0 Å². The molecule has 0 radical (unpaired) electrons. The first-order chi connectivity index (χ1) is 10.6. The van der Waals surface area contributed by atoms with Gasteiger partial charge in [-0.15, -0.1) is 0 Å². The minimum absolute atomic E-state index is 0.0154. The van der Waals surface area contributed by atoms with Crippen molar-refractivity contribution in [2.75, 3.05) is 4.31 Å². The lowest BCUT2D eigenvalue weighted by molar-refractivity contribution is 0.487. The maximum atomic E-state index is 11.8. The Kier molecular flexibility index (Phi) is 4.90. The summed E-state index contributed by atoms with van der Waals surface area (Å²) in [7, 11) is -8.07. The maximum Gasteiger partial charge on any atom is 0.380 e. The van der Waals surface area contributed by atoms with Crippen LogP contribution < -0.4 is 18.8 Å². The molecule has 0 fully saturated rings. The topological polar surface area (TPSA) is 133 Å². The molecular formula is C13H15N3O5S2. The summed E-state index contributed by atoms with van der Waals surface area (Å²) in [5, 5.41) is 10.0. The smallest absolute Gasteiger partial charge is 0.371 e. The van der Waals surface area contributed by atoms with Gasteiger partial charge in [0.25, 0.3) is 10.2 Å². The second-order valence-corrected chi connectivity index (χ2v) is 7.23. The zero-order valence-corrected chi connectivity index (χ0v) is 13.5. The lowest BCUT2D eigenvalue weighted by Crippen LogP contribution is -2.36. The highest BCUT2D eigenvalue weighted by Gasteiger charge is 2.18. The fourth-order valence-electron chi connectivity index (χ4n) is 1.87. The van der Waals surface area contributed by atoms with Crippen LogP contribution in [0.4, 0.5) is 5.69 Å². The fourth-order valence-corrected chi connectivity index (χ4v) is 3.00. The van der Waals surface area contributed by atoms with Gasteiger partial charge >= 0.3 is 10.3 Å². The van der Waals surface area contributed by atoms with Gasteiger partial charge < -0.3 is 4.18 Å². The molecule has 0 aliphatic rings. The zero-order valence-electron chi connectivity index (χ0n) is 11.9. The summed E-state index contributed by atoms with van der Waals surface area (Å²) in [5.74, 6) is 0.0260. The van der Waals surface area contributed by atoms with E-state index in [1.165, 1.54) is 24.3 Å². The molecule has 0 aliphatic heterocycles. The standard InChI is InChI=1S/C13H15N3O5S2/c14-22(17,18)16(12-4-2-1-3-5-12)10-11-6-8-13(9-7-11)21-23(15,19)20/h1-9H,10H2,(H2,14,17,18)(H2,15,19,20). The van der Waals surface area contributed by atoms with E-state index in [9.17, 15) is 16.8 Å². The Morgan fingerprint density at radius 1 is 0.870 bits per heavy atom. The van der Waals surface area contributed by atoms with E-state index in [0.717, 1.165) is 4.31 Å². The summed E-state index contributed by atoms with van der Waals surface area (Å²) in [6, 6.07) is 14.1. The second-order valence-electron chi connectivity index (χ2n) is 4.61. The van der Waals surface area contributed by atoms with E-state index in [1.807, 2.05) is 0 Å². The summed E-state index contributed by atoms with van der Waals surface area (Å²) in [6.45, 7) is -0.0154. The van der Waals surface area contributed by atoms with E-state index < -0.39 is 20.5 Å². The van der Waals surface area contributed by atoms with Crippen molar-refractivity contribution in [3.05, 3.63) is 60.2 Å². The van der Waals surface area contributed by atoms with E-state index >= 15 is 0 Å². The molecule has 0 aromatic heterocycles. The number of nitrogens with zero attached hydrogens (tertiary/aromatic N) is 1. The number of para-hydroxylation sites is 1. The molecule has 0 saturated carbocycles. The zero-order chi connectivity index (χ0) is 17.1. The van der Waals surface area contributed by atoms with Crippen LogP contribution in [-0.2, 0) is 27.1 Å². The van der Waals surface area contributed by atoms with Crippen molar-refractivity contribution in [2.24, 2.45) is 10.3 Å². The van der Waals surface area contributed by atoms with Gasteiger partial charge in [0.15, 0.2) is 0 Å². The van der Waals surface area contributed by atoms with E-state index in [4.69, 9.17) is 10.3 Å². The predicted octanol–water partition coefficient (Wildman–Crippen LogP) is 0.479. The number of anilines is 1. The highest BCUT2D eigenvalue weighted by atomic mass is 32.2. The highest BCUT2D eigenvalue weighted by Crippen LogP contribution is 2.20. The monoisotopic (exact) mass is 357 g/mol. The predicted molar refractivity (Wildman–Crippen MR) is 85.9 cm³/mol. The molecule has 2 aromatic rings. The van der Waals surface area contributed by atoms with Crippen molar-refractivity contribution in [1.29, 1.82) is 0 Å². The minimum Gasteiger partial charge on any atom is -0.371 e. The van der Waals surface area contributed by atoms with Crippen LogP contribution in [0.15, 0.2) is 54.6 Å². The molecule has 4 N–H and O–H groups in total. The number of hydrogen-bond donors (Lipinski definition) is 2. The fraction of sp³-hybridized carbons (Fsp3) is 0.0769. The molecule has 0 amide bonds. The van der Waals surface area contributed by atoms with Gasteiger partial charge in [-0.3, -0.25) is 4.31 Å². The van der Waals surface area contributed by atoms with Crippen LogP contribution in [0, 0.1) is 0 Å². The van der Waals surface area contributed by atoms with Crippen molar-refractivity contribution in [3.63, 3.8) is 0 Å². The Balaban J connectivity index is 2.24. The van der Waals surface area contributed by atoms with Crippen molar-refractivity contribution in [2.45, 2.75) is 6.54 Å². The summed E-state index contributed by atoms with van der Waals surface area (Å²) >= 11 is 0. The number of nitrogens with two attached hydrogens (primary N) is 2. The summed E-state index contributed by atoms with van der Waals surface area (Å²) in [4.78, 5) is 0. The molecule has 2 rings (SSSR count). The van der Waals surface area contributed by atoms with Crippen molar-refractivity contribution in [3.8, 4) is 5.75 Å². The largest absolute Gasteiger partial charge is 0.380 e. The van der Waals surface area contributed by atoms with Gasteiger partial charge in [0.1, 0.15) is 5.75 Å². The van der Waals surface area contributed by atoms with Gasteiger partial charge in [-0.25, -0.2) is 5.14 Å². The Morgan fingerprint density at radius 2 is 1.43 bits per heavy atom. The summed E-state index contributed by atoms with van der Waals surface area (Å²) in [6.07, 6.45) is 0. The summed E-state index contributed by atoms with van der Waals surface area (Å²) in [5.41, 5.74) is 1.00. The first-order valence-corrected chi connectivity index (χ1v) is 9.29. The van der Waals surface area contributed by atoms with Crippen LogP contribution >= 0.6 is 0 Å². The van der Waals surface area contributed by atoms with Crippen LogP contribution in [0.25, 0.3) is 0 Å². The summed E-state index contributed by atoms with van der Waals surface area (Å²) < 4.78 is 50.7. The Hall–Kier alpha value is -2.14. The lowest BCUT2D eigenvalue weighted by atomic mass is 10.2. The van der Waals surface area contributed by atoms with Gasteiger partial charge in [0.05, 0.1) is 12.2 Å². The molecule has 0 unspecified atom stereocenters. The minimum atomic E-state index is -4.11. The third kappa shape index (κ3) is 5.21. The van der Waals surface area contributed by atoms with Gasteiger partial charge in [-0.1, -0.05) is 30.3 Å². The molecule has 10 heteroatoms. The van der Waals surface area contributed by atoms with Crippen molar-refractivity contribution in [1.82, 2.24) is 0 Å². The first kappa shape index (κ1) is 17.2. The third-order valence-corrected chi connectivity index (χ3v) is 4.19. The van der Waals surface area contributed by atoms with Gasteiger partial charge in [-0.2, -0.15) is 22.0 Å². The average molecular weight is 357 g/mol. The molecule has 2 aromatic carbocycles. The molecule has 0 atom stereocenters. The quantitative estimate of drug-likeness (QED) is 0.776. The molecule has 0 spiro atoms. The SMILES string of the molecule is NS(=O)(=O)Oc1ccc(CN(c2ccccc2)S(N)(=O)=O)cc1. The van der Waals surface area contributed by atoms with Crippen LogP contribution in [0.3, 0.4) is 0 Å². The second kappa shape index (κ2) is 6.54. The van der Waals surface area contributed by atoms with Crippen LogP contribution in [0.1, 0.15) is 5.56 Å². The molecule has 124 valence electrons. The molecule has 0 bridgehead atoms. The van der Waals surface area contributed by atoms with E-state index in [0.29, 0.717) is 11.3 Å². The van der Waals surface area contributed by atoms with Crippen molar-refractivity contribution >= 4 is 26.2 Å². The number of benzene rings is 2. The van der Waals surface area contributed by atoms with Crippen LogP contribution in [0.5, 0.6) is 5.75 Å². The molecule has 8 nitrogen and oxygen atoms in total. The van der Waals surface area contributed by atoms with Gasteiger partial charge in [-0.05, 0) is 29.8 Å². The Bertz CT molecular complexity index is 866. The molecule has 0 saturated heterocycles. The van der Waals surface area contributed by atoms with E-state index in [1.54, 1.807) is 30.3 Å². The molecule has 0 aliphatic carbocycles. The number of rotatable bonds is 6. The molecular weight excluding hydrogens is 342 g/mol. The highest BCUT2D eigenvalue weighted by molar-refractivity contribution is 7.90. The van der Waals surface area contributed by atoms with Crippen LogP contribution in [-0.4, -0.2) is 16.8 Å². The lowest BCUT2D eigenvalue weighted by Gasteiger charge is -2.22. The third-order valence-electron chi connectivity index (χ3n) is 2.81. The Morgan fingerprint density at radius 3 is 1.91 bits per heavy atom. The molecule has 0 heterocycles. The maximum absolute atomic E-state index is 11.8. The van der Waals surface area contributed by atoms with E-state index in [2.05, 4.69) is 4.18 Å². The normalized spacial score (nSPS) is 11.9. The van der Waals surface area contributed by atoms with Gasteiger partial charge in [0, 0.05) is 0 Å². The van der Waals surface area contributed by atoms with Crippen molar-refractivity contribution < 1.29 is 21.0 Å². The average Bonchev–Trinajstić information content (AvgIpc) is 2.44. The molecule has 23 heavy (non-hydrogen) atoms. The van der Waals surface area contributed by atoms with E-state index in [-0.39, 0.29) is 12.3 Å².